The van der Waals surface area contributed by atoms with E-state index in [0.29, 0.717) is 13.2 Å². The summed E-state index contributed by atoms with van der Waals surface area (Å²) in [5.41, 5.74) is 0.00251. The highest BCUT2D eigenvalue weighted by molar-refractivity contribution is 8.00. The van der Waals surface area contributed by atoms with Crippen LogP contribution < -0.4 is 10.1 Å². The van der Waals surface area contributed by atoms with Crippen LogP contribution in [0.25, 0.3) is 0 Å². The zero-order chi connectivity index (χ0) is 17.4. The van der Waals surface area contributed by atoms with E-state index in [1.54, 1.807) is 6.92 Å². The Hall–Kier alpha value is -2.08. The van der Waals surface area contributed by atoms with Crippen molar-refractivity contribution in [3.05, 3.63) is 65.7 Å². The lowest BCUT2D eigenvalue weighted by molar-refractivity contribution is -0.118. The molecule has 1 unspecified atom stereocenters. The van der Waals surface area contributed by atoms with Gasteiger partial charge >= 0.3 is 0 Å². The van der Waals surface area contributed by atoms with Gasteiger partial charge in [0.25, 0.3) is 0 Å². The highest BCUT2D eigenvalue weighted by atomic mass is 32.2. The number of amides is 1. The molecule has 3 nitrogen and oxygen atoms in total. The van der Waals surface area contributed by atoms with Crippen molar-refractivity contribution in [3.8, 4) is 5.75 Å². The highest BCUT2D eigenvalue weighted by Gasteiger charge is 2.17. The van der Waals surface area contributed by atoms with Crippen molar-refractivity contribution in [1.29, 1.82) is 0 Å². The second kappa shape index (κ2) is 9.27. The lowest BCUT2D eigenvalue weighted by Gasteiger charge is -2.13. The molecular formula is C18H19F2NO2S. The SMILES string of the molecule is CC(SCC(=O)NCCOc1ccccc1)c1c(F)cccc1F. The van der Waals surface area contributed by atoms with Crippen molar-refractivity contribution >= 4 is 17.7 Å². The van der Waals surface area contributed by atoms with Crippen LogP contribution in [0, 0.1) is 11.6 Å². The first-order valence-electron chi connectivity index (χ1n) is 7.58. The first kappa shape index (κ1) is 18.3. The Morgan fingerprint density at radius 1 is 1.12 bits per heavy atom. The van der Waals surface area contributed by atoms with E-state index >= 15 is 0 Å². The Labute approximate surface area is 144 Å². The number of halogens is 2. The molecule has 1 atom stereocenters. The molecule has 0 aromatic heterocycles. The van der Waals surface area contributed by atoms with Crippen molar-refractivity contribution < 1.29 is 18.3 Å². The van der Waals surface area contributed by atoms with Crippen LogP contribution in [0.3, 0.4) is 0 Å². The lowest BCUT2D eigenvalue weighted by atomic mass is 10.1. The minimum absolute atomic E-state index is 0.00251. The molecule has 0 bridgehead atoms. The number of ether oxygens (including phenoxy) is 1. The van der Waals surface area contributed by atoms with E-state index < -0.39 is 16.9 Å². The van der Waals surface area contributed by atoms with Gasteiger partial charge in [0.1, 0.15) is 24.0 Å². The highest BCUT2D eigenvalue weighted by Crippen LogP contribution is 2.31. The van der Waals surface area contributed by atoms with E-state index in [9.17, 15) is 13.6 Å². The minimum atomic E-state index is -0.591. The van der Waals surface area contributed by atoms with Gasteiger partial charge in [-0.15, -0.1) is 11.8 Å². The van der Waals surface area contributed by atoms with Gasteiger partial charge in [-0.3, -0.25) is 4.79 Å². The lowest BCUT2D eigenvalue weighted by Crippen LogP contribution is -2.29. The molecule has 24 heavy (non-hydrogen) atoms. The standard InChI is InChI=1S/C18H19F2NO2S/c1-13(18-15(19)8-5-9-16(18)20)24-12-17(22)21-10-11-23-14-6-3-2-4-7-14/h2-9,13H,10-12H2,1H3,(H,21,22). The zero-order valence-corrected chi connectivity index (χ0v) is 14.1. The predicted octanol–water partition coefficient (Wildman–Crippen LogP) is 3.95. The van der Waals surface area contributed by atoms with Crippen LogP contribution in [0.2, 0.25) is 0 Å². The molecule has 0 aliphatic carbocycles. The maximum atomic E-state index is 13.7. The molecule has 0 spiro atoms. The summed E-state index contributed by atoms with van der Waals surface area (Å²) >= 11 is 1.19. The molecule has 2 aromatic rings. The van der Waals surface area contributed by atoms with E-state index in [-0.39, 0.29) is 17.2 Å². The summed E-state index contributed by atoms with van der Waals surface area (Å²) in [6.45, 7) is 2.41. The average Bonchev–Trinajstić information content (AvgIpc) is 2.57. The molecule has 128 valence electrons. The first-order chi connectivity index (χ1) is 11.6. The van der Waals surface area contributed by atoms with Gasteiger partial charge in [0.2, 0.25) is 5.91 Å². The summed E-state index contributed by atoms with van der Waals surface area (Å²) in [5.74, 6) is -0.510. The molecule has 0 saturated heterocycles. The van der Waals surface area contributed by atoms with Crippen LogP contribution in [-0.4, -0.2) is 24.8 Å². The molecule has 6 heteroatoms. The van der Waals surface area contributed by atoms with Crippen LogP contribution in [0.4, 0.5) is 8.78 Å². The molecule has 2 rings (SSSR count). The predicted molar refractivity (Wildman–Crippen MR) is 92.2 cm³/mol. The van der Waals surface area contributed by atoms with E-state index in [0.717, 1.165) is 5.75 Å². The summed E-state index contributed by atoms with van der Waals surface area (Å²) in [6.07, 6.45) is 0. The number of hydrogen-bond donors (Lipinski definition) is 1. The Morgan fingerprint density at radius 2 is 1.79 bits per heavy atom. The van der Waals surface area contributed by atoms with E-state index in [4.69, 9.17) is 4.74 Å². The quantitative estimate of drug-likeness (QED) is 0.732. The minimum Gasteiger partial charge on any atom is -0.492 e. The van der Waals surface area contributed by atoms with Gasteiger partial charge in [-0.25, -0.2) is 8.78 Å². The number of benzene rings is 2. The Kier molecular flexibility index (Phi) is 7.06. The van der Waals surface area contributed by atoms with Crippen LogP contribution in [-0.2, 0) is 4.79 Å². The maximum absolute atomic E-state index is 13.7. The van der Waals surface area contributed by atoms with Crippen LogP contribution >= 0.6 is 11.8 Å². The third-order valence-electron chi connectivity index (χ3n) is 3.31. The van der Waals surface area contributed by atoms with Gasteiger partial charge in [-0.2, -0.15) is 0 Å². The number of nitrogens with one attached hydrogen (secondary N) is 1. The molecular weight excluding hydrogens is 332 g/mol. The van der Waals surface area contributed by atoms with Crippen LogP contribution in [0.15, 0.2) is 48.5 Å². The molecule has 1 N–H and O–H groups in total. The number of carbonyl (C=O) groups excluding carboxylic acids is 1. The molecule has 0 radical (unpaired) electrons. The van der Waals surface area contributed by atoms with E-state index in [1.807, 2.05) is 30.3 Å². The fourth-order valence-electron chi connectivity index (χ4n) is 2.11. The number of hydrogen-bond acceptors (Lipinski definition) is 3. The van der Waals surface area contributed by atoms with E-state index in [1.165, 1.54) is 30.0 Å². The van der Waals surface area contributed by atoms with Crippen molar-refractivity contribution in [2.75, 3.05) is 18.9 Å². The topological polar surface area (TPSA) is 38.3 Å². The second-order valence-corrected chi connectivity index (χ2v) is 6.43. The molecule has 0 heterocycles. The third kappa shape index (κ3) is 5.53. The van der Waals surface area contributed by atoms with Crippen molar-refractivity contribution in [1.82, 2.24) is 5.32 Å². The van der Waals surface area contributed by atoms with Crippen molar-refractivity contribution in [3.63, 3.8) is 0 Å². The van der Waals surface area contributed by atoms with Crippen LogP contribution in [0.1, 0.15) is 17.7 Å². The summed E-state index contributed by atoms with van der Waals surface area (Å²) in [7, 11) is 0. The summed E-state index contributed by atoms with van der Waals surface area (Å²) in [6, 6.07) is 13.1. The number of carbonyl (C=O) groups is 1. The van der Waals surface area contributed by atoms with Crippen molar-refractivity contribution in [2.45, 2.75) is 12.2 Å². The summed E-state index contributed by atoms with van der Waals surface area (Å²) in [5, 5.41) is 2.27. The second-order valence-electron chi connectivity index (χ2n) is 5.10. The summed E-state index contributed by atoms with van der Waals surface area (Å²) < 4.78 is 32.8. The fraction of sp³-hybridized carbons (Fsp3) is 0.278. The fourth-order valence-corrected chi connectivity index (χ4v) is 3.01. The monoisotopic (exact) mass is 351 g/mol. The maximum Gasteiger partial charge on any atom is 0.230 e. The van der Waals surface area contributed by atoms with Gasteiger partial charge in [0, 0.05) is 10.8 Å². The van der Waals surface area contributed by atoms with Gasteiger partial charge in [0.05, 0.1) is 12.3 Å². The molecule has 0 saturated carbocycles. The smallest absolute Gasteiger partial charge is 0.230 e. The van der Waals surface area contributed by atoms with Gasteiger partial charge in [0.15, 0.2) is 0 Å². The zero-order valence-electron chi connectivity index (χ0n) is 13.3. The Morgan fingerprint density at radius 3 is 2.46 bits per heavy atom. The van der Waals surface area contributed by atoms with Crippen LogP contribution in [0.5, 0.6) is 5.75 Å². The number of para-hydroxylation sites is 1. The largest absolute Gasteiger partial charge is 0.492 e. The normalized spacial score (nSPS) is 11.8. The molecule has 1 amide bonds. The number of thioether (sulfide) groups is 1. The molecule has 2 aromatic carbocycles. The van der Waals surface area contributed by atoms with E-state index in [2.05, 4.69) is 5.32 Å². The average molecular weight is 351 g/mol. The summed E-state index contributed by atoms with van der Waals surface area (Å²) in [4.78, 5) is 11.8. The molecule has 0 fully saturated rings. The molecule has 0 aliphatic heterocycles. The number of rotatable bonds is 8. The van der Waals surface area contributed by atoms with Gasteiger partial charge < -0.3 is 10.1 Å². The first-order valence-corrected chi connectivity index (χ1v) is 8.63. The van der Waals surface area contributed by atoms with Gasteiger partial charge in [-0.05, 0) is 31.2 Å². The Balaban J connectivity index is 1.69. The molecule has 0 aliphatic rings. The third-order valence-corrected chi connectivity index (χ3v) is 4.47. The Bertz CT molecular complexity index is 647. The van der Waals surface area contributed by atoms with Crippen molar-refractivity contribution in [2.24, 2.45) is 0 Å². The van der Waals surface area contributed by atoms with Gasteiger partial charge in [-0.1, -0.05) is 24.3 Å².